The van der Waals surface area contributed by atoms with Crippen LogP contribution in [0.2, 0.25) is 0 Å². The molecule has 0 bridgehead atoms. The van der Waals surface area contributed by atoms with E-state index in [-0.39, 0.29) is 0 Å². The summed E-state index contributed by atoms with van der Waals surface area (Å²) in [6.07, 6.45) is 8.62. The Bertz CT molecular complexity index is 541. The molecule has 1 aliphatic rings. The number of likely N-dealkylation sites (tertiary alicyclic amines) is 1. The number of aliphatic hydroxyl groups is 1. The van der Waals surface area contributed by atoms with Crippen LogP contribution in [0, 0.1) is 6.92 Å². The summed E-state index contributed by atoms with van der Waals surface area (Å²) in [7, 11) is 0. The van der Waals surface area contributed by atoms with Gasteiger partial charge in [-0.2, -0.15) is 11.8 Å². The molecule has 1 N–H and O–H groups in total. The fourth-order valence-corrected chi connectivity index (χ4v) is 4.25. The summed E-state index contributed by atoms with van der Waals surface area (Å²) < 4.78 is 5.52. The molecule has 1 saturated heterocycles. The average molecular weight is 368 g/mol. The van der Waals surface area contributed by atoms with Gasteiger partial charge in [0.15, 0.2) is 0 Å². The van der Waals surface area contributed by atoms with Gasteiger partial charge in [-0.05, 0) is 37.7 Å². The number of thiocarbonyl (C=S) groups is 1. The van der Waals surface area contributed by atoms with Gasteiger partial charge in [0.25, 0.3) is 0 Å². The predicted molar refractivity (Wildman–Crippen MR) is 107 cm³/mol. The van der Waals surface area contributed by atoms with Crippen molar-refractivity contribution in [1.29, 1.82) is 0 Å². The van der Waals surface area contributed by atoms with E-state index in [1.807, 2.05) is 36.9 Å². The highest BCUT2D eigenvalue weighted by Gasteiger charge is 2.25. The first-order valence-corrected chi connectivity index (χ1v) is 10.5. The maximum absolute atomic E-state index is 10.2. The van der Waals surface area contributed by atoms with Gasteiger partial charge < -0.3 is 14.4 Å². The van der Waals surface area contributed by atoms with Crippen LogP contribution in [-0.4, -0.2) is 45.2 Å². The van der Waals surface area contributed by atoms with Crippen LogP contribution in [-0.2, 0) is 6.42 Å². The molecule has 134 valence electrons. The van der Waals surface area contributed by atoms with Crippen molar-refractivity contribution < 1.29 is 9.52 Å². The van der Waals surface area contributed by atoms with Crippen molar-refractivity contribution in [1.82, 2.24) is 4.90 Å². The number of rotatable bonds is 10. The smallest absolute Gasteiger partial charge is 0.107 e. The number of unbranched alkanes of at least 4 members (excludes halogenated alkanes) is 1. The molecule has 1 aliphatic heterocycles. The number of hydrogen-bond donors (Lipinski definition) is 1. The summed E-state index contributed by atoms with van der Waals surface area (Å²) in [5.74, 6) is 4.07. The zero-order valence-electron chi connectivity index (χ0n) is 14.7. The lowest BCUT2D eigenvalue weighted by Gasteiger charge is -2.24. The van der Waals surface area contributed by atoms with Crippen molar-refractivity contribution in [3.05, 3.63) is 35.8 Å². The normalized spacial score (nSPS) is 19.5. The van der Waals surface area contributed by atoms with Crippen molar-refractivity contribution in [3.8, 4) is 0 Å². The average Bonchev–Trinajstić information content (AvgIpc) is 3.11. The molecule has 0 radical (unpaired) electrons. The van der Waals surface area contributed by atoms with Crippen molar-refractivity contribution in [2.75, 3.05) is 18.1 Å². The molecule has 2 rings (SSSR count). The van der Waals surface area contributed by atoms with Gasteiger partial charge in [0, 0.05) is 31.2 Å². The first kappa shape index (κ1) is 19.5. The number of thioether (sulfide) groups is 1. The molecule has 1 aromatic rings. The van der Waals surface area contributed by atoms with E-state index in [2.05, 4.69) is 17.9 Å². The Balaban J connectivity index is 1.79. The second-order valence-corrected chi connectivity index (χ2v) is 8.02. The topological polar surface area (TPSA) is 36.6 Å². The zero-order valence-corrected chi connectivity index (χ0v) is 16.4. The number of aryl methyl sites for hydroxylation is 1. The quantitative estimate of drug-likeness (QED) is 0.377. The Morgan fingerprint density at radius 1 is 1.46 bits per heavy atom. The van der Waals surface area contributed by atoms with E-state index in [1.165, 1.54) is 18.6 Å². The molecule has 5 heteroatoms. The van der Waals surface area contributed by atoms with Gasteiger partial charge in [0.1, 0.15) is 11.5 Å². The molecule has 0 amide bonds. The minimum absolute atomic E-state index is 0.331. The predicted octanol–water partition coefficient (Wildman–Crippen LogP) is 4.37. The molecule has 3 nitrogen and oxygen atoms in total. The SMILES string of the molecule is CCCCSCCN1C(=S)CC[C@@H]1/C=C/[C@@H](O)Cc1ccc(C)o1. The second kappa shape index (κ2) is 10.3. The molecule has 0 spiro atoms. The molecule has 0 aromatic carbocycles. The molecule has 0 saturated carbocycles. The second-order valence-electron chi connectivity index (χ2n) is 6.33. The van der Waals surface area contributed by atoms with E-state index < -0.39 is 6.10 Å². The monoisotopic (exact) mass is 367 g/mol. The summed E-state index contributed by atoms with van der Waals surface area (Å²) in [6.45, 7) is 5.16. The van der Waals surface area contributed by atoms with Gasteiger partial charge in [-0.25, -0.2) is 0 Å². The summed E-state index contributed by atoms with van der Waals surface area (Å²) in [4.78, 5) is 3.39. The molecular formula is C19H29NO2S2. The number of nitrogens with zero attached hydrogens (tertiary/aromatic N) is 1. The van der Waals surface area contributed by atoms with Crippen LogP contribution in [0.4, 0.5) is 0 Å². The van der Waals surface area contributed by atoms with Crippen LogP contribution in [0.5, 0.6) is 0 Å². The Morgan fingerprint density at radius 3 is 3.00 bits per heavy atom. The van der Waals surface area contributed by atoms with Crippen LogP contribution in [0.15, 0.2) is 28.7 Å². The van der Waals surface area contributed by atoms with Crippen molar-refractivity contribution in [3.63, 3.8) is 0 Å². The van der Waals surface area contributed by atoms with Crippen molar-refractivity contribution in [2.24, 2.45) is 0 Å². The van der Waals surface area contributed by atoms with Gasteiger partial charge in [0.2, 0.25) is 0 Å². The molecule has 2 heterocycles. The summed E-state index contributed by atoms with van der Waals surface area (Å²) in [5.41, 5.74) is 0. The lowest BCUT2D eigenvalue weighted by atomic mass is 10.1. The molecular weight excluding hydrogens is 338 g/mol. The van der Waals surface area contributed by atoms with Crippen LogP contribution in [0.3, 0.4) is 0 Å². The summed E-state index contributed by atoms with van der Waals surface area (Å²) in [6, 6.07) is 4.19. The van der Waals surface area contributed by atoms with Gasteiger partial charge in [-0.3, -0.25) is 0 Å². The van der Waals surface area contributed by atoms with Crippen LogP contribution in [0.1, 0.15) is 44.1 Å². The molecule has 0 unspecified atom stereocenters. The fraction of sp³-hybridized carbons (Fsp3) is 0.632. The van der Waals surface area contributed by atoms with E-state index in [0.717, 1.165) is 41.6 Å². The molecule has 0 aliphatic carbocycles. The standard InChI is InChI=1S/C19H29NO2S2/c1-3-4-12-24-13-11-20-16(7-10-19(20)23)6-8-17(21)14-18-9-5-15(2)22-18/h5-6,8-9,16-17,21H,3-4,7,10-14H2,1-2H3/b8-6+/t16-,17+/m0/s1. The van der Waals surface area contributed by atoms with Crippen LogP contribution >= 0.6 is 24.0 Å². The van der Waals surface area contributed by atoms with Crippen molar-refractivity contribution in [2.45, 2.75) is 58.1 Å². The minimum Gasteiger partial charge on any atom is -0.466 e. The Hall–Kier alpha value is -0.780. The number of aliphatic hydroxyl groups excluding tert-OH is 1. The van der Waals surface area contributed by atoms with E-state index >= 15 is 0 Å². The molecule has 1 fully saturated rings. The highest BCUT2D eigenvalue weighted by atomic mass is 32.2. The Kier molecular flexibility index (Phi) is 8.36. The number of furan rings is 1. The van der Waals surface area contributed by atoms with E-state index in [9.17, 15) is 5.11 Å². The summed E-state index contributed by atoms with van der Waals surface area (Å²) >= 11 is 7.52. The number of hydrogen-bond acceptors (Lipinski definition) is 4. The lowest BCUT2D eigenvalue weighted by Crippen LogP contribution is -2.33. The Morgan fingerprint density at radius 2 is 2.29 bits per heavy atom. The largest absolute Gasteiger partial charge is 0.466 e. The molecule has 24 heavy (non-hydrogen) atoms. The maximum atomic E-state index is 10.2. The first-order chi connectivity index (χ1) is 11.6. The maximum Gasteiger partial charge on any atom is 0.107 e. The van der Waals surface area contributed by atoms with Crippen LogP contribution in [0.25, 0.3) is 0 Å². The first-order valence-electron chi connectivity index (χ1n) is 8.89. The zero-order chi connectivity index (χ0) is 17.4. The van der Waals surface area contributed by atoms with Gasteiger partial charge in [0.05, 0.1) is 11.1 Å². The highest BCUT2D eigenvalue weighted by Crippen LogP contribution is 2.22. The Labute approximate surface area is 155 Å². The third-order valence-electron chi connectivity index (χ3n) is 4.26. The van der Waals surface area contributed by atoms with Gasteiger partial charge in [-0.1, -0.05) is 37.7 Å². The fourth-order valence-electron chi connectivity index (χ4n) is 2.88. The highest BCUT2D eigenvalue weighted by molar-refractivity contribution is 7.99. The van der Waals surface area contributed by atoms with Gasteiger partial charge in [-0.15, -0.1) is 0 Å². The molecule has 1 aromatic heterocycles. The van der Waals surface area contributed by atoms with Gasteiger partial charge >= 0.3 is 0 Å². The lowest BCUT2D eigenvalue weighted by molar-refractivity contribution is 0.213. The summed E-state index contributed by atoms with van der Waals surface area (Å²) in [5, 5.41) is 10.2. The van der Waals surface area contributed by atoms with Crippen LogP contribution < -0.4 is 0 Å². The minimum atomic E-state index is -0.509. The van der Waals surface area contributed by atoms with E-state index in [4.69, 9.17) is 16.6 Å². The van der Waals surface area contributed by atoms with E-state index in [1.54, 1.807) is 0 Å². The third kappa shape index (κ3) is 6.26. The van der Waals surface area contributed by atoms with Crippen molar-refractivity contribution >= 4 is 29.0 Å². The third-order valence-corrected chi connectivity index (χ3v) is 5.74. The van der Waals surface area contributed by atoms with E-state index in [0.29, 0.717) is 12.5 Å². The molecule has 2 atom stereocenters.